The van der Waals surface area contributed by atoms with Crippen LogP contribution in [0.3, 0.4) is 0 Å². The largest absolute Gasteiger partial charge is 0.378 e. The summed E-state index contributed by atoms with van der Waals surface area (Å²) in [6.07, 6.45) is 3.03. The third-order valence-corrected chi connectivity index (χ3v) is 4.78. The van der Waals surface area contributed by atoms with Crippen LogP contribution in [0.2, 0.25) is 0 Å². The lowest BCUT2D eigenvalue weighted by atomic mass is 9.94. The van der Waals surface area contributed by atoms with Gasteiger partial charge in [-0.15, -0.1) is 0 Å². The minimum absolute atomic E-state index is 0.0162. The van der Waals surface area contributed by atoms with Crippen LogP contribution in [-0.2, 0) is 9.53 Å². The summed E-state index contributed by atoms with van der Waals surface area (Å²) < 4.78 is 5.30. The first-order chi connectivity index (χ1) is 11.6. The summed E-state index contributed by atoms with van der Waals surface area (Å²) in [5.74, 6) is 0.853. The van der Waals surface area contributed by atoms with Crippen molar-refractivity contribution >= 4 is 11.8 Å². The summed E-state index contributed by atoms with van der Waals surface area (Å²) in [5, 5.41) is 0. The van der Waals surface area contributed by atoms with Gasteiger partial charge in [0.15, 0.2) is 0 Å². The predicted molar refractivity (Wildman–Crippen MR) is 87.5 cm³/mol. The summed E-state index contributed by atoms with van der Waals surface area (Å²) in [7, 11) is 0. The topological polar surface area (TPSA) is 75.6 Å². The molecule has 0 radical (unpaired) electrons. The molecule has 3 rings (SSSR count). The van der Waals surface area contributed by atoms with E-state index in [-0.39, 0.29) is 17.7 Å². The van der Waals surface area contributed by atoms with E-state index in [0.29, 0.717) is 69.3 Å². The quantitative estimate of drug-likeness (QED) is 0.801. The fourth-order valence-electron chi connectivity index (χ4n) is 3.33. The van der Waals surface area contributed by atoms with Crippen LogP contribution in [0.1, 0.15) is 34.7 Å². The maximum absolute atomic E-state index is 12.6. The second kappa shape index (κ2) is 7.25. The zero-order valence-corrected chi connectivity index (χ0v) is 14.3. The molecule has 3 heterocycles. The summed E-state index contributed by atoms with van der Waals surface area (Å²) in [6.45, 7) is 7.45. The number of morpholine rings is 1. The van der Waals surface area contributed by atoms with Crippen molar-refractivity contribution in [2.75, 3.05) is 39.4 Å². The van der Waals surface area contributed by atoms with Gasteiger partial charge in [-0.3, -0.25) is 9.59 Å². The molecule has 2 amide bonds. The molecule has 0 atom stereocenters. The summed E-state index contributed by atoms with van der Waals surface area (Å²) in [5.41, 5.74) is 1.26. The average Bonchev–Trinajstić information content (AvgIpc) is 2.61. The Labute approximate surface area is 142 Å². The summed E-state index contributed by atoms with van der Waals surface area (Å²) >= 11 is 0. The Morgan fingerprint density at radius 1 is 1.08 bits per heavy atom. The first kappa shape index (κ1) is 16.8. The number of carbonyl (C=O) groups excluding carboxylic acids is 2. The second-order valence-corrected chi connectivity index (χ2v) is 6.42. The van der Waals surface area contributed by atoms with Crippen LogP contribution < -0.4 is 0 Å². The third-order valence-electron chi connectivity index (χ3n) is 4.78. The number of nitrogens with zero attached hydrogens (tertiary/aromatic N) is 4. The van der Waals surface area contributed by atoms with Gasteiger partial charge in [0.25, 0.3) is 5.91 Å². The Morgan fingerprint density at radius 2 is 1.75 bits per heavy atom. The zero-order chi connectivity index (χ0) is 17.1. The fraction of sp³-hybridized carbons (Fsp3) is 0.647. The van der Waals surface area contributed by atoms with Crippen LogP contribution in [-0.4, -0.2) is 71.0 Å². The van der Waals surface area contributed by atoms with Crippen LogP contribution in [0.5, 0.6) is 0 Å². The highest BCUT2D eigenvalue weighted by molar-refractivity contribution is 5.95. The standard InChI is InChI=1S/C17H24N4O3/c1-12-15(11-18-13(2)19-12)17(23)20-5-3-14(4-6-20)16(22)21-7-9-24-10-8-21/h11,14H,3-10H2,1-2H3. The number of carbonyl (C=O) groups is 2. The number of likely N-dealkylation sites (tertiary alicyclic amines) is 1. The van der Waals surface area contributed by atoms with E-state index in [1.807, 2.05) is 23.6 Å². The minimum Gasteiger partial charge on any atom is -0.378 e. The van der Waals surface area contributed by atoms with E-state index in [0.717, 1.165) is 0 Å². The predicted octanol–water partition coefficient (Wildman–Crippen LogP) is 0.804. The van der Waals surface area contributed by atoms with Gasteiger partial charge in [-0.2, -0.15) is 0 Å². The van der Waals surface area contributed by atoms with Gasteiger partial charge in [-0.25, -0.2) is 9.97 Å². The molecule has 0 spiro atoms. The van der Waals surface area contributed by atoms with E-state index in [1.54, 1.807) is 6.20 Å². The normalized spacial score (nSPS) is 19.4. The molecule has 2 aliphatic rings. The van der Waals surface area contributed by atoms with Gasteiger partial charge < -0.3 is 14.5 Å². The van der Waals surface area contributed by atoms with Gasteiger partial charge in [0, 0.05) is 38.3 Å². The molecule has 7 heteroatoms. The molecule has 1 aromatic rings. The molecule has 0 unspecified atom stereocenters. The number of amides is 2. The Hall–Kier alpha value is -2.02. The number of rotatable bonds is 2. The monoisotopic (exact) mass is 332 g/mol. The van der Waals surface area contributed by atoms with Gasteiger partial charge in [0.2, 0.25) is 5.91 Å². The van der Waals surface area contributed by atoms with Crippen LogP contribution in [0.4, 0.5) is 0 Å². The molecule has 0 saturated carbocycles. The lowest BCUT2D eigenvalue weighted by Crippen LogP contribution is -2.47. The minimum atomic E-state index is -0.0372. The van der Waals surface area contributed by atoms with E-state index in [9.17, 15) is 9.59 Å². The third kappa shape index (κ3) is 3.56. The van der Waals surface area contributed by atoms with Gasteiger partial charge in [0.1, 0.15) is 5.82 Å². The molecule has 2 aliphatic heterocycles. The number of aromatic nitrogens is 2. The second-order valence-electron chi connectivity index (χ2n) is 6.42. The molecule has 0 aromatic carbocycles. The Bertz CT molecular complexity index is 620. The van der Waals surface area contributed by atoms with Crippen molar-refractivity contribution in [2.24, 2.45) is 5.92 Å². The molecule has 0 aliphatic carbocycles. The fourth-order valence-corrected chi connectivity index (χ4v) is 3.33. The van der Waals surface area contributed by atoms with Gasteiger partial charge in [0.05, 0.1) is 24.5 Å². The molecule has 2 fully saturated rings. The van der Waals surface area contributed by atoms with Crippen LogP contribution in [0, 0.1) is 19.8 Å². The van der Waals surface area contributed by atoms with E-state index in [1.165, 1.54) is 0 Å². The smallest absolute Gasteiger partial charge is 0.257 e. The van der Waals surface area contributed by atoms with Gasteiger partial charge >= 0.3 is 0 Å². The maximum Gasteiger partial charge on any atom is 0.257 e. The highest BCUT2D eigenvalue weighted by Gasteiger charge is 2.31. The number of hydrogen-bond acceptors (Lipinski definition) is 5. The van der Waals surface area contributed by atoms with Gasteiger partial charge in [-0.1, -0.05) is 0 Å². The highest BCUT2D eigenvalue weighted by Crippen LogP contribution is 2.22. The van der Waals surface area contributed by atoms with Crippen LogP contribution in [0.15, 0.2) is 6.20 Å². The van der Waals surface area contributed by atoms with Crippen molar-refractivity contribution in [3.8, 4) is 0 Å². The summed E-state index contributed by atoms with van der Waals surface area (Å²) in [6, 6.07) is 0. The maximum atomic E-state index is 12.6. The molecule has 24 heavy (non-hydrogen) atoms. The van der Waals surface area contributed by atoms with Crippen molar-refractivity contribution in [3.63, 3.8) is 0 Å². The number of ether oxygens (including phenoxy) is 1. The molecule has 1 aromatic heterocycles. The molecule has 0 bridgehead atoms. The van der Waals surface area contributed by atoms with Crippen LogP contribution >= 0.6 is 0 Å². The first-order valence-electron chi connectivity index (χ1n) is 8.52. The van der Waals surface area contributed by atoms with Crippen molar-refractivity contribution in [2.45, 2.75) is 26.7 Å². The van der Waals surface area contributed by atoms with E-state index in [4.69, 9.17) is 4.74 Å². The van der Waals surface area contributed by atoms with Gasteiger partial charge in [-0.05, 0) is 26.7 Å². The zero-order valence-electron chi connectivity index (χ0n) is 14.3. The SMILES string of the molecule is Cc1ncc(C(=O)N2CCC(C(=O)N3CCOCC3)CC2)c(C)n1. The molecular weight excluding hydrogens is 308 g/mol. The Kier molecular flexibility index (Phi) is 5.08. The molecular formula is C17H24N4O3. The first-order valence-corrected chi connectivity index (χ1v) is 8.52. The van der Waals surface area contributed by atoms with Crippen molar-refractivity contribution in [1.29, 1.82) is 0 Å². The lowest BCUT2D eigenvalue weighted by Gasteiger charge is -2.35. The van der Waals surface area contributed by atoms with Crippen LogP contribution in [0.25, 0.3) is 0 Å². The molecule has 7 nitrogen and oxygen atoms in total. The number of piperidine rings is 1. The van der Waals surface area contributed by atoms with Crippen molar-refractivity contribution in [3.05, 3.63) is 23.3 Å². The van der Waals surface area contributed by atoms with Crippen molar-refractivity contribution < 1.29 is 14.3 Å². The van der Waals surface area contributed by atoms with E-state index in [2.05, 4.69) is 9.97 Å². The molecule has 2 saturated heterocycles. The van der Waals surface area contributed by atoms with E-state index < -0.39 is 0 Å². The Morgan fingerprint density at radius 3 is 2.38 bits per heavy atom. The van der Waals surface area contributed by atoms with Crippen molar-refractivity contribution in [1.82, 2.24) is 19.8 Å². The summed E-state index contributed by atoms with van der Waals surface area (Å²) in [4.78, 5) is 37.3. The highest BCUT2D eigenvalue weighted by atomic mass is 16.5. The molecule has 0 N–H and O–H groups in total. The average molecular weight is 332 g/mol. The van der Waals surface area contributed by atoms with E-state index >= 15 is 0 Å². The lowest BCUT2D eigenvalue weighted by molar-refractivity contribution is -0.141. The molecule has 130 valence electrons. The number of aryl methyl sites for hydroxylation is 2. The Balaban J connectivity index is 1.58. The number of hydrogen-bond donors (Lipinski definition) is 0.